The quantitative estimate of drug-likeness (QED) is 0.243. The number of benzene rings is 3. The van der Waals surface area contributed by atoms with Crippen molar-refractivity contribution in [3.05, 3.63) is 88.0 Å². The molecule has 1 heterocycles. The summed E-state index contributed by atoms with van der Waals surface area (Å²) in [5, 5.41) is 0.741. The number of aromatic nitrogens is 2. The number of anilines is 3. The minimum Gasteiger partial charge on any atom is -0.383 e. The molecule has 0 aliphatic rings. The van der Waals surface area contributed by atoms with Crippen LogP contribution >= 0.6 is 23.2 Å². The van der Waals surface area contributed by atoms with E-state index in [1.807, 2.05) is 0 Å². The number of nitrogens with one attached hydrogen (secondary N) is 1. The molecule has 0 unspecified atom stereocenters. The number of nitrogens with zero attached hydrogens (tertiary/aromatic N) is 2. The van der Waals surface area contributed by atoms with Gasteiger partial charge in [-0.1, -0.05) is 47.5 Å². The summed E-state index contributed by atoms with van der Waals surface area (Å²) >= 11 is 12.2. The van der Waals surface area contributed by atoms with Crippen LogP contribution in [0.2, 0.25) is 10.0 Å². The summed E-state index contributed by atoms with van der Waals surface area (Å²) in [7, 11) is -9.22. The number of nitrogens with two attached hydrogens (primary N) is 2. The molecule has 0 atom stereocenters. The molecule has 38 heavy (non-hydrogen) atoms. The Morgan fingerprint density at radius 1 is 0.816 bits per heavy atom. The normalized spacial score (nSPS) is 11.9. The third-order valence-electron chi connectivity index (χ3n) is 5.49. The summed E-state index contributed by atoms with van der Waals surface area (Å²) in [6.07, 6.45) is 0.940. The molecule has 5 N–H and O–H groups in total. The van der Waals surface area contributed by atoms with Crippen molar-refractivity contribution in [2.45, 2.75) is 22.6 Å². The van der Waals surface area contributed by atoms with Crippen LogP contribution in [0.5, 0.6) is 0 Å². The Labute approximate surface area is 228 Å². The monoisotopic (exact) mass is 595 g/mol. The Hall–Kier alpha value is -3.45. The molecule has 0 fully saturated rings. The second-order valence-corrected chi connectivity index (χ2v) is 12.0. The zero-order valence-electron chi connectivity index (χ0n) is 19.4. The summed E-state index contributed by atoms with van der Waals surface area (Å²) in [5.74, 6) is 0.218. The molecule has 1 aromatic heterocycles. The molecule has 4 rings (SSSR count). The Bertz CT molecular complexity index is 1740. The molecule has 0 saturated carbocycles. The Morgan fingerprint density at radius 2 is 1.50 bits per heavy atom. The van der Waals surface area contributed by atoms with Gasteiger partial charge in [0.15, 0.2) is 0 Å². The van der Waals surface area contributed by atoms with Crippen LogP contribution in [0.4, 0.5) is 21.3 Å². The van der Waals surface area contributed by atoms with Crippen molar-refractivity contribution in [1.82, 2.24) is 9.97 Å². The van der Waals surface area contributed by atoms with Crippen molar-refractivity contribution in [2.24, 2.45) is 0 Å². The number of aryl methyl sites for hydroxylation is 2. The van der Waals surface area contributed by atoms with Gasteiger partial charge in [0.1, 0.15) is 5.82 Å². The van der Waals surface area contributed by atoms with Gasteiger partial charge in [0.2, 0.25) is 5.95 Å². The van der Waals surface area contributed by atoms with Gasteiger partial charge in [0.05, 0.1) is 25.5 Å². The first-order valence-electron chi connectivity index (χ1n) is 10.9. The van der Waals surface area contributed by atoms with Gasteiger partial charge in [-0.25, -0.2) is 13.4 Å². The zero-order chi connectivity index (χ0) is 27.7. The predicted octanol–water partition coefficient (Wildman–Crippen LogP) is 4.86. The molecule has 3 aromatic carbocycles. The van der Waals surface area contributed by atoms with Gasteiger partial charge in [0.25, 0.3) is 10.0 Å². The first-order valence-corrected chi connectivity index (χ1v) is 14.5. The summed E-state index contributed by atoms with van der Waals surface area (Å²) in [5.41, 5.74) is 14.9. The maximum Gasteiger partial charge on any atom is 0.332 e. The molecule has 0 spiro atoms. The van der Waals surface area contributed by atoms with Crippen LogP contribution in [-0.2, 0) is 33.1 Å². The van der Waals surface area contributed by atoms with Crippen LogP contribution < -0.4 is 16.2 Å². The predicted molar refractivity (Wildman–Crippen MR) is 146 cm³/mol. The summed E-state index contributed by atoms with van der Waals surface area (Å²) in [6, 6.07) is 15.6. The Morgan fingerprint density at radius 3 is 2.16 bits per heavy atom. The first kappa shape index (κ1) is 27.6. The fourth-order valence-electron chi connectivity index (χ4n) is 3.70. The van der Waals surface area contributed by atoms with Crippen LogP contribution in [0.3, 0.4) is 0 Å². The molecule has 0 bridgehead atoms. The average Bonchev–Trinajstić information content (AvgIpc) is 2.84. The molecule has 0 saturated heterocycles. The molecule has 198 valence electrons. The number of hydrogen-bond acceptors (Lipinski definition) is 8. The number of sulfonamides is 1. The van der Waals surface area contributed by atoms with E-state index in [9.17, 15) is 20.7 Å². The van der Waals surface area contributed by atoms with Gasteiger partial charge in [-0.2, -0.15) is 13.4 Å². The lowest BCUT2D eigenvalue weighted by atomic mass is 9.99. The molecule has 0 aliphatic carbocycles. The summed E-state index contributed by atoms with van der Waals surface area (Å²) in [4.78, 5) is 7.26. The third-order valence-corrected chi connectivity index (χ3v) is 8.43. The van der Waals surface area contributed by atoms with E-state index >= 15 is 0 Å². The van der Waals surface area contributed by atoms with E-state index < -0.39 is 30.0 Å². The fourth-order valence-corrected chi connectivity index (χ4v) is 5.69. The standard InChI is InChI=1S/C24H20Cl2FN5O4S2/c25-19-10-7-15(12-20(19)26)22-21(30-24(29)31-23(22)28)11-6-14-4-8-16(9-5-14)32-38(35,36)18-3-1-2-17(13-18)37(27,33)34/h1-5,7-10,12-13,32H,6,11H2,(H4,28,29,30,31). The maximum absolute atomic E-state index is 13.3. The Kier molecular flexibility index (Phi) is 7.79. The lowest BCUT2D eigenvalue weighted by Gasteiger charge is -2.13. The SMILES string of the molecule is Nc1nc(N)c(-c2ccc(Cl)c(Cl)c2)c(CCc2ccc(NS(=O)(=O)c3cccc(S(=O)(=O)F)c3)cc2)n1. The van der Waals surface area contributed by atoms with Crippen LogP contribution in [0.25, 0.3) is 11.1 Å². The molecular formula is C24H20Cl2FN5O4S2. The van der Waals surface area contributed by atoms with Gasteiger partial charge in [-0.15, -0.1) is 3.89 Å². The molecule has 0 aliphatic heterocycles. The van der Waals surface area contributed by atoms with Crippen LogP contribution in [0, 0.1) is 0 Å². The molecule has 4 aromatic rings. The number of hydrogen-bond donors (Lipinski definition) is 3. The highest BCUT2D eigenvalue weighted by Gasteiger charge is 2.19. The molecular weight excluding hydrogens is 576 g/mol. The topological polar surface area (TPSA) is 158 Å². The van der Waals surface area contributed by atoms with E-state index in [0.29, 0.717) is 39.7 Å². The zero-order valence-corrected chi connectivity index (χ0v) is 22.5. The third kappa shape index (κ3) is 6.33. The van der Waals surface area contributed by atoms with Crippen LogP contribution in [0.15, 0.2) is 76.5 Å². The summed E-state index contributed by atoms with van der Waals surface area (Å²) in [6.45, 7) is 0. The lowest BCUT2D eigenvalue weighted by Crippen LogP contribution is -2.13. The maximum atomic E-state index is 13.3. The average molecular weight is 596 g/mol. The van der Waals surface area contributed by atoms with Crippen LogP contribution in [-0.4, -0.2) is 26.8 Å². The van der Waals surface area contributed by atoms with Gasteiger partial charge < -0.3 is 11.5 Å². The fraction of sp³-hybridized carbons (Fsp3) is 0.0833. The van der Waals surface area contributed by atoms with Gasteiger partial charge >= 0.3 is 10.2 Å². The van der Waals surface area contributed by atoms with Crippen molar-refractivity contribution in [2.75, 3.05) is 16.2 Å². The van der Waals surface area contributed by atoms with E-state index in [0.717, 1.165) is 29.8 Å². The highest BCUT2D eigenvalue weighted by Crippen LogP contribution is 2.33. The van der Waals surface area contributed by atoms with E-state index in [1.54, 1.807) is 42.5 Å². The molecule has 0 radical (unpaired) electrons. The van der Waals surface area contributed by atoms with E-state index in [-0.39, 0.29) is 17.5 Å². The number of halogens is 3. The first-order chi connectivity index (χ1) is 17.8. The van der Waals surface area contributed by atoms with E-state index in [1.165, 1.54) is 0 Å². The molecule has 14 heteroatoms. The Balaban J connectivity index is 1.52. The number of nitrogen functional groups attached to an aromatic ring is 2. The second kappa shape index (κ2) is 10.7. The van der Waals surface area contributed by atoms with Gasteiger partial charge in [0, 0.05) is 11.3 Å². The summed E-state index contributed by atoms with van der Waals surface area (Å²) < 4.78 is 63.2. The molecule has 9 nitrogen and oxygen atoms in total. The van der Waals surface area contributed by atoms with Crippen molar-refractivity contribution >= 4 is 60.9 Å². The largest absolute Gasteiger partial charge is 0.383 e. The smallest absolute Gasteiger partial charge is 0.332 e. The molecule has 0 amide bonds. The lowest BCUT2D eigenvalue weighted by molar-refractivity contribution is 0.552. The van der Waals surface area contributed by atoms with Crippen LogP contribution in [0.1, 0.15) is 11.3 Å². The highest BCUT2D eigenvalue weighted by atomic mass is 35.5. The van der Waals surface area contributed by atoms with E-state index in [4.69, 9.17) is 34.7 Å². The van der Waals surface area contributed by atoms with Gasteiger partial charge in [-0.05, 0) is 66.4 Å². The van der Waals surface area contributed by atoms with Crippen molar-refractivity contribution in [3.8, 4) is 11.1 Å². The van der Waals surface area contributed by atoms with Crippen molar-refractivity contribution in [1.29, 1.82) is 0 Å². The highest BCUT2D eigenvalue weighted by molar-refractivity contribution is 7.92. The second-order valence-electron chi connectivity index (χ2n) is 8.13. The minimum absolute atomic E-state index is 0.0238. The van der Waals surface area contributed by atoms with Crippen molar-refractivity contribution in [3.63, 3.8) is 0 Å². The van der Waals surface area contributed by atoms with Gasteiger partial charge in [-0.3, -0.25) is 4.72 Å². The van der Waals surface area contributed by atoms with E-state index in [2.05, 4.69) is 14.7 Å². The van der Waals surface area contributed by atoms with Crippen molar-refractivity contribution < 1.29 is 20.7 Å². The minimum atomic E-state index is -5.05. The number of rotatable bonds is 8.